The van der Waals surface area contributed by atoms with E-state index in [4.69, 9.17) is 4.98 Å². The molecule has 0 saturated carbocycles. The third-order valence-electron chi connectivity index (χ3n) is 8.58. The number of benzene rings is 4. The third kappa shape index (κ3) is 7.83. The third-order valence-corrected chi connectivity index (χ3v) is 8.58. The van der Waals surface area contributed by atoms with Crippen LogP contribution in [0.15, 0.2) is 91.1 Å². The lowest BCUT2D eigenvalue weighted by Crippen LogP contribution is -2.29. The maximum Gasteiger partial charge on any atom is 0.416 e. The summed E-state index contributed by atoms with van der Waals surface area (Å²) in [6.07, 6.45) is -2.38. The molecular formula is C37H37F3N6O3. The average Bonchev–Trinajstić information content (AvgIpc) is 3.70. The van der Waals surface area contributed by atoms with Crippen LogP contribution in [0.5, 0.6) is 0 Å². The van der Waals surface area contributed by atoms with Crippen LogP contribution in [-0.2, 0) is 24.1 Å². The number of aromatic nitrogens is 4. The SMILES string of the molecule is CC(=O)CC(NCc1ccc2[nH]ncc2c1)c1ccc2c(c1)nc(-c1ccc(N(CCO)CCO)cc1)n2Cc1ccc(C(F)(F)F)cc1. The van der Waals surface area contributed by atoms with Gasteiger partial charge in [0.15, 0.2) is 0 Å². The summed E-state index contributed by atoms with van der Waals surface area (Å²) in [5.74, 6) is 0.659. The van der Waals surface area contributed by atoms with Gasteiger partial charge in [-0.25, -0.2) is 4.98 Å². The van der Waals surface area contributed by atoms with Crippen molar-refractivity contribution >= 4 is 33.4 Å². The highest BCUT2D eigenvalue weighted by molar-refractivity contribution is 5.83. The lowest BCUT2D eigenvalue weighted by molar-refractivity contribution is -0.137. The van der Waals surface area contributed by atoms with Gasteiger partial charge >= 0.3 is 6.18 Å². The second-order valence-electron chi connectivity index (χ2n) is 12.1. The molecule has 2 heterocycles. The number of Topliss-reactive ketones (excluding diaryl/α,β-unsaturated/α-hetero) is 1. The number of hydrogen-bond donors (Lipinski definition) is 4. The van der Waals surface area contributed by atoms with E-state index >= 15 is 0 Å². The zero-order valence-electron chi connectivity index (χ0n) is 26.9. The highest BCUT2D eigenvalue weighted by Crippen LogP contribution is 2.32. The summed E-state index contributed by atoms with van der Waals surface area (Å²) in [6.45, 7) is 2.97. The molecule has 0 saturated heterocycles. The monoisotopic (exact) mass is 670 g/mol. The molecule has 0 spiro atoms. The molecule has 0 bridgehead atoms. The lowest BCUT2D eigenvalue weighted by Gasteiger charge is -2.23. The fourth-order valence-electron chi connectivity index (χ4n) is 6.10. The van der Waals surface area contributed by atoms with Gasteiger partial charge in [-0.3, -0.25) is 9.89 Å². The normalized spacial score (nSPS) is 12.5. The van der Waals surface area contributed by atoms with Crippen molar-refractivity contribution in [2.24, 2.45) is 0 Å². The Morgan fingerprint density at radius 1 is 0.939 bits per heavy atom. The van der Waals surface area contributed by atoms with Crippen molar-refractivity contribution in [3.05, 3.63) is 113 Å². The molecular weight excluding hydrogens is 633 g/mol. The van der Waals surface area contributed by atoms with E-state index in [2.05, 4.69) is 15.5 Å². The van der Waals surface area contributed by atoms with Crippen LogP contribution in [0.2, 0.25) is 0 Å². The number of rotatable bonds is 14. The number of aromatic amines is 1. The van der Waals surface area contributed by atoms with Crippen LogP contribution in [0.4, 0.5) is 18.9 Å². The summed E-state index contributed by atoms with van der Waals surface area (Å²) < 4.78 is 41.8. The van der Waals surface area contributed by atoms with Crippen LogP contribution in [0.25, 0.3) is 33.3 Å². The molecule has 0 amide bonds. The number of nitrogens with zero attached hydrogens (tertiary/aromatic N) is 4. The summed E-state index contributed by atoms with van der Waals surface area (Å²) >= 11 is 0. The molecule has 0 radical (unpaired) electrons. The quantitative estimate of drug-likeness (QED) is 0.108. The van der Waals surface area contributed by atoms with Crippen molar-refractivity contribution in [1.29, 1.82) is 0 Å². The largest absolute Gasteiger partial charge is 0.416 e. The maximum atomic E-state index is 13.3. The van der Waals surface area contributed by atoms with Crippen LogP contribution in [0.1, 0.15) is 41.6 Å². The predicted molar refractivity (Wildman–Crippen MR) is 183 cm³/mol. The fourth-order valence-corrected chi connectivity index (χ4v) is 6.10. The first-order chi connectivity index (χ1) is 23.6. The van der Waals surface area contributed by atoms with Gasteiger partial charge in [0, 0.05) is 55.3 Å². The smallest absolute Gasteiger partial charge is 0.395 e. The molecule has 1 atom stereocenters. The molecule has 1 unspecified atom stereocenters. The number of carbonyl (C=O) groups excluding carboxylic acids is 1. The summed E-state index contributed by atoms with van der Waals surface area (Å²) in [6, 6.07) is 24.3. The lowest BCUT2D eigenvalue weighted by atomic mass is 10.0. The Hall–Kier alpha value is -5.04. The van der Waals surface area contributed by atoms with Gasteiger partial charge in [0.2, 0.25) is 0 Å². The van der Waals surface area contributed by atoms with Gasteiger partial charge in [-0.2, -0.15) is 18.3 Å². The Morgan fingerprint density at radius 2 is 1.65 bits per heavy atom. The Bertz CT molecular complexity index is 2030. The molecule has 9 nitrogen and oxygen atoms in total. The number of fused-ring (bicyclic) bond motifs is 2. The molecule has 0 fully saturated rings. The minimum Gasteiger partial charge on any atom is -0.395 e. The molecule has 2 aromatic heterocycles. The molecule has 0 aliphatic rings. The minimum atomic E-state index is -4.43. The molecule has 12 heteroatoms. The number of H-pyrrole nitrogens is 1. The first kappa shape index (κ1) is 33.8. The molecule has 0 aliphatic heterocycles. The summed E-state index contributed by atoms with van der Waals surface area (Å²) in [5, 5.41) is 30.5. The van der Waals surface area contributed by atoms with Crippen molar-refractivity contribution < 1.29 is 28.2 Å². The van der Waals surface area contributed by atoms with Crippen LogP contribution in [-0.4, -0.2) is 62.0 Å². The average molecular weight is 671 g/mol. The molecule has 4 N–H and O–H groups in total. The van der Waals surface area contributed by atoms with Gasteiger partial charge in [-0.15, -0.1) is 0 Å². The van der Waals surface area contributed by atoms with E-state index in [1.165, 1.54) is 12.1 Å². The first-order valence-corrected chi connectivity index (χ1v) is 16.0. The number of imidazole rings is 1. The summed E-state index contributed by atoms with van der Waals surface area (Å²) in [4.78, 5) is 19.2. The van der Waals surface area contributed by atoms with E-state index < -0.39 is 11.7 Å². The number of aliphatic hydroxyl groups is 2. The highest BCUT2D eigenvalue weighted by atomic mass is 19.4. The Kier molecular flexibility index (Phi) is 10.1. The second kappa shape index (κ2) is 14.6. The molecule has 6 rings (SSSR count). The Labute approximate surface area is 281 Å². The van der Waals surface area contributed by atoms with E-state index in [0.717, 1.165) is 50.9 Å². The highest BCUT2D eigenvalue weighted by Gasteiger charge is 2.30. The number of ketones is 1. The van der Waals surface area contributed by atoms with Crippen molar-refractivity contribution in [3.8, 4) is 11.4 Å². The topological polar surface area (TPSA) is 119 Å². The van der Waals surface area contributed by atoms with Gasteiger partial charge in [0.25, 0.3) is 0 Å². The van der Waals surface area contributed by atoms with Crippen molar-refractivity contribution in [2.45, 2.75) is 38.7 Å². The Morgan fingerprint density at radius 3 is 2.33 bits per heavy atom. The summed E-state index contributed by atoms with van der Waals surface area (Å²) in [5.41, 5.74) is 5.92. The molecule has 0 aliphatic carbocycles. The second-order valence-corrected chi connectivity index (χ2v) is 12.1. The molecule has 6 aromatic rings. The number of nitrogens with one attached hydrogen (secondary N) is 2. The van der Waals surface area contributed by atoms with Gasteiger partial charge < -0.3 is 25.0 Å². The standard InChI is InChI=1S/C37H37F3N6O3/c1-24(49)18-33(41-21-26-4-12-32-29(19-26)22-42-44-32)28-7-13-35-34(20-28)43-36(27-5-10-31(11-6-27)45(14-16-47)15-17-48)46(35)23-25-2-8-30(9-3-25)37(38,39)40/h2-13,19-20,22,33,41,47-48H,14-18,21,23H2,1H3,(H,42,44). The van der Waals surface area contributed by atoms with Crippen molar-refractivity contribution in [2.75, 3.05) is 31.2 Å². The number of alkyl halides is 3. The molecule has 4 aromatic carbocycles. The van der Waals surface area contributed by atoms with Crippen LogP contribution in [0.3, 0.4) is 0 Å². The molecule has 254 valence electrons. The van der Waals surface area contributed by atoms with Gasteiger partial charge in [-0.05, 0) is 84.3 Å². The minimum absolute atomic E-state index is 0.0351. The van der Waals surface area contributed by atoms with Gasteiger partial charge in [-0.1, -0.05) is 24.3 Å². The fraction of sp³-hybridized carbons (Fsp3) is 0.270. The van der Waals surface area contributed by atoms with Crippen LogP contribution >= 0.6 is 0 Å². The zero-order valence-corrected chi connectivity index (χ0v) is 26.9. The predicted octanol–water partition coefficient (Wildman–Crippen LogP) is 6.25. The summed E-state index contributed by atoms with van der Waals surface area (Å²) in [7, 11) is 0. The number of aliphatic hydroxyl groups excluding tert-OH is 2. The van der Waals surface area contributed by atoms with Gasteiger partial charge in [0.1, 0.15) is 11.6 Å². The Balaban J connectivity index is 1.36. The number of halogens is 3. The number of hydrogen-bond acceptors (Lipinski definition) is 7. The van der Waals surface area contributed by atoms with Crippen LogP contribution in [0, 0.1) is 0 Å². The van der Waals surface area contributed by atoms with Crippen molar-refractivity contribution in [3.63, 3.8) is 0 Å². The number of carbonyl (C=O) groups is 1. The van der Waals surface area contributed by atoms with Gasteiger partial charge in [0.05, 0.1) is 41.5 Å². The first-order valence-electron chi connectivity index (χ1n) is 16.0. The van der Waals surface area contributed by atoms with E-state index in [1.54, 1.807) is 13.1 Å². The van der Waals surface area contributed by atoms with Crippen LogP contribution < -0.4 is 10.2 Å². The van der Waals surface area contributed by atoms with E-state index in [0.29, 0.717) is 36.5 Å². The van der Waals surface area contributed by atoms with Crippen molar-refractivity contribution in [1.82, 2.24) is 25.1 Å². The zero-order chi connectivity index (χ0) is 34.5. The van der Waals surface area contributed by atoms with E-state index in [9.17, 15) is 28.2 Å². The van der Waals surface area contributed by atoms with E-state index in [-0.39, 0.29) is 38.0 Å². The number of anilines is 1. The molecule has 49 heavy (non-hydrogen) atoms. The van der Waals surface area contributed by atoms with E-state index in [1.807, 2.05) is 70.1 Å². The maximum absolute atomic E-state index is 13.3.